The minimum absolute atomic E-state index is 0.0343. The fourth-order valence-corrected chi connectivity index (χ4v) is 8.30. The highest BCUT2D eigenvalue weighted by atomic mass is 35.5. The summed E-state index contributed by atoms with van der Waals surface area (Å²) in [5.41, 5.74) is -1.82. The molecule has 0 saturated heterocycles. The molecule has 34 heavy (non-hydrogen) atoms. The van der Waals surface area contributed by atoms with Crippen LogP contribution in [-0.4, -0.2) is 40.2 Å². The number of Topliss-reactive ketones (excluding diaryl/α,β-unsaturated/α-hetero) is 1. The van der Waals surface area contributed by atoms with E-state index in [9.17, 15) is 23.9 Å². The molecule has 0 radical (unpaired) electrons. The second kappa shape index (κ2) is 7.99. The summed E-state index contributed by atoms with van der Waals surface area (Å²) < 4.78 is 20.2. The summed E-state index contributed by atoms with van der Waals surface area (Å²) in [7, 11) is 0. The topological polar surface area (TPSA) is 80.7 Å². The van der Waals surface area contributed by atoms with Gasteiger partial charge in [-0.1, -0.05) is 26.8 Å². The molecule has 0 aromatic heterocycles. The highest BCUT2D eigenvalue weighted by Crippen LogP contribution is 2.70. The monoisotopic (exact) mass is 494 g/mol. The van der Waals surface area contributed by atoms with Crippen molar-refractivity contribution in [1.82, 2.24) is 0 Å². The highest BCUT2D eigenvalue weighted by Gasteiger charge is 2.70. The van der Waals surface area contributed by atoms with E-state index in [1.807, 2.05) is 20.8 Å². The molecule has 0 aliphatic heterocycles. The van der Waals surface area contributed by atoms with Gasteiger partial charge in [0.2, 0.25) is 5.78 Å². The van der Waals surface area contributed by atoms with E-state index in [0.29, 0.717) is 18.4 Å². The van der Waals surface area contributed by atoms with E-state index in [1.54, 1.807) is 26.8 Å². The second-order valence-electron chi connectivity index (χ2n) is 12.4. The minimum Gasteiger partial charge on any atom is -0.457 e. The molecule has 188 valence electrons. The van der Waals surface area contributed by atoms with Gasteiger partial charge in [0.05, 0.1) is 16.4 Å². The van der Waals surface area contributed by atoms with Crippen LogP contribution in [0, 0.1) is 39.9 Å². The van der Waals surface area contributed by atoms with Crippen LogP contribution >= 0.6 is 11.6 Å². The summed E-state index contributed by atoms with van der Waals surface area (Å²) in [4.78, 5) is 36.4. The molecule has 4 aliphatic carbocycles. The summed E-state index contributed by atoms with van der Waals surface area (Å²) >= 11 is 7.34. The van der Waals surface area contributed by atoms with Crippen molar-refractivity contribution in [2.24, 2.45) is 39.9 Å². The van der Waals surface area contributed by atoms with Gasteiger partial charge in [-0.25, -0.2) is 4.39 Å². The van der Waals surface area contributed by atoms with Crippen LogP contribution in [0.25, 0.3) is 0 Å². The highest BCUT2D eigenvalue weighted by molar-refractivity contribution is 6.26. The van der Waals surface area contributed by atoms with Crippen LogP contribution in [0.4, 0.5) is 4.39 Å². The van der Waals surface area contributed by atoms with Crippen molar-refractivity contribution in [3.63, 3.8) is 0 Å². The Labute approximate surface area is 206 Å². The van der Waals surface area contributed by atoms with E-state index in [-0.39, 0.29) is 42.5 Å². The lowest BCUT2D eigenvalue weighted by atomic mass is 9.46. The standard InChI is InChI=1S/C27H36ClFO5/c1-14-11-17-15-7-8-16-22(29)18(30)9-10-26(16,6)27(15,28)20(32)12-25(17,5)21(14)19(31)13-34-23(33)24(2,3)4/h9-10,14-15,17,20-21,32H,7-8,11-13H2,1-6H3/t14-,15+,17+,20+,21-,25+,26+,27+/m1/s1. The Hall–Kier alpha value is -1.53. The van der Waals surface area contributed by atoms with Crippen molar-refractivity contribution in [1.29, 1.82) is 0 Å². The number of allylic oxidation sites excluding steroid dienone is 4. The van der Waals surface area contributed by atoms with Gasteiger partial charge in [0, 0.05) is 11.3 Å². The van der Waals surface area contributed by atoms with Gasteiger partial charge >= 0.3 is 5.97 Å². The number of carbonyl (C=O) groups excluding carboxylic acids is 3. The summed E-state index contributed by atoms with van der Waals surface area (Å²) in [6, 6.07) is 0. The number of aliphatic hydroxyl groups is 1. The van der Waals surface area contributed by atoms with Crippen LogP contribution in [0.2, 0.25) is 0 Å². The SMILES string of the molecule is C[C@@H]1C[C@H]2[C@@H]3CCC4=C(F)C(=O)C=C[C@]4(C)[C@@]3(Cl)[C@@H](O)C[C@]2(C)[C@H]1C(=O)COC(=O)C(C)(C)C. The van der Waals surface area contributed by atoms with Crippen molar-refractivity contribution in [3.8, 4) is 0 Å². The first-order chi connectivity index (χ1) is 15.6. The Morgan fingerprint density at radius 1 is 1.26 bits per heavy atom. The van der Waals surface area contributed by atoms with E-state index in [4.69, 9.17) is 16.3 Å². The molecule has 3 saturated carbocycles. The van der Waals surface area contributed by atoms with Crippen LogP contribution < -0.4 is 0 Å². The number of fused-ring (bicyclic) bond motifs is 5. The number of hydrogen-bond acceptors (Lipinski definition) is 5. The zero-order chi connectivity index (χ0) is 25.4. The number of ketones is 2. The van der Waals surface area contributed by atoms with Gasteiger partial charge in [-0.3, -0.25) is 14.4 Å². The summed E-state index contributed by atoms with van der Waals surface area (Å²) in [5, 5.41) is 11.6. The van der Waals surface area contributed by atoms with Crippen LogP contribution in [-0.2, 0) is 19.1 Å². The lowest BCUT2D eigenvalue weighted by Crippen LogP contribution is -2.66. The van der Waals surface area contributed by atoms with Gasteiger partial charge in [-0.15, -0.1) is 11.6 Å². The molecular formula is C27H36ClFO5. The molecule has 0 spiro atoms. The average Bonchev–Trinajstić information content (AvgIpc) is 2.99. The predicted octanol–water partition coefficient (Wildman–Crippen LogP) is 4.94. The van der Waals surface area contributed by atoms with E-state index in [2.05, 4.69) is 0 Å². The van der Waals surface area contributed by atoms with Gasteiger partial charge < -0.3 is 9.84 Å². The molecule has 1 N–H and O–H groups in total. The van der Waals surface area contributed by atoms with Crippen LogP contribution in [0.3, 0.4) is 0 Å². The number of hydrogen-bond donors (Lipinski definition) is 1. The Bertz CT molecular complexity index is 995. The third-order valence-electron chi connectivity index (χ3n) is 9.38. The first-order valence-electron chi connectivity index (χ1n) is 12.3. The fourth-order valence-electron chi connectivity index (χ4n) is 7.79. The molecule has 3 fully saturated rings. The predicted molar refractivity (Wildman–Crippen MR) is 127 cm³/mol. The molecule has 0 heterocycles. The quantitative estimate of drug-likeness (QED) is 0.443. The third kappa shape index (κ3) is 3.38. The van der Waals surface area contributed by atoms with Crippen molar-refractivity contribution in [3.05, 3.63) is 23.6 Å². The number of halogens is 2. The Morgan fingerprint density at radius 2 is 1.91 bits per heavy atom. The van der Waals surface area contributed by atoms with Gasteiger partial charge in [0.1, 0.15) is 6.61 Å². The molecule has 0 unspecified atom stereocenters. The maximum absolute atomic E-state index is 14.9. The Kier molecular flexibility index (Phi) is 6.01. The summed E-state index contributed by atoms with van der Waals surface area (Å²) in [6.45, 7) is 10.9. The average molecular weight is 495 g/mol. The van der Waals surface area contributed by atoms with Gasteiger partial charge in [-0.05, 0) is 81.3 Å². The third-order valence-corrected chi connectivity index (χ3v) is 10.3. The van der Waals surface area contributed by atoms with Gasteiger partial charge in [0.15, 0.2) is 11.6 Å². The van der Waals surface area contributed by atoms with E-state index in [1.165, 1.54) is 6.08 Å². The number of carbonyl (C=O) groups is 3. The summed E-state index contributed by atoms with van der Waals surface area (Å²) in [5.74, 6) is -2.39. The number of aliphatic hydroxyl groups excluding tert-OH is 1. The number of alkyl halides is 1. The lowest BCUT2D eigenvalue weighted by Gasteiger charge is -2.63. The molecule has 0 aromatic rings. The van der Waals surface area contributed by atoms with E-state index >= 15 is 0 Å². The molecule has 0 bridgehead atoms. The van der Waals surface area contributed by atoms with Gasteiger partial charge in [-0.2, -0.15) is 0 Å². The molecule has 4 aliphatic rings. The molecule has 0 aromatic carbocycles. The molecule has 4 rings (SSSR count). The van der Waals surface area contributed by atoms with Crippen LogP contribution in [0.5, 0.6) is 0 Å². The van der Waals surface area contributed by atoms with E-state index < -0.39 is 44.8 Å². The van der Waals surface area contributed by atoms with Gasteiger partial charge in [0.25, 0.3) is 0 Å². The molecule has 8 atom stereocenters. The number of ether oxygens (including phenoxy) is 1. The zero-order valence-corrected chi connectivity index (χ0v) is 21.7. The molecular weight excluding hydrogens is 459 g/mol. The minimum atomic E-state index is -1.17. The maximum atomic E-state index is 14.9. The van der Waals surface area contributed by atoms with Crippen molar-refractivity contribution in [2.75, 3.05) is 6.61 Å². The Balaban J connectivity index is 1.66. The lowest BCUT2D eigenvalue weighted by molar-refractivity contribution is -0.159. The number of esters is 1. The first kappa shape index (κ1) is 25.6. The smallest absolute Gasteiger partial charge is 0.311 e. The van der Waals surface area contributed by atoms with Crippen molar-refractivity contribution >= 4 is 29.1 Å². The van der Waals surface area contributed by atoms with Crippen LogP contribution in [0.1, 0.15) is 67.2 Å². The van der Waals surface area contributed by atoms with Crippen molar-refractivity contribution < 1.29 is 28.6 Å². The maximum Gasteiger partial charge on any atom is 0.311 e. The van der Waals surface area contributed by atoms with Crippen LogP contribution in [0.15, 0.2) is 23.6 Å². The molecule has 7 heteroatoms. The largest absolute Gasteiger partial charge is 0.457 e. The summed E-state index contributed by atoms with van der Waals surface area (Å²) in [6.07, 6.45) is 3.90. The van der Waals surface area contributed by atoms with Crippen molar-refractivity contribution in [2.45, 2.75) is 78.2 Å². The number of rotatable bonds is 3. The van der Waals surface area contributed by atoms with E-state index in [0.717, 1.165) is 6.42 Å². The fraction of sp³-hybridized carbons (Fsp3) is 0.741. The Morgan fingerprint density at radius 3 is 2.53 bits per heavy atom. The normalized spacial score (nSPS) is 43.8. The zero-order valence-electron chi connectivity index (χ0n) is 20.9. The first-order valence-corrected chi connectivity index (χ1v) is 12.7. The molecule has 5 nitrogen and oxygen atoms in total. The molecule has 0 amide bonds. The second-order valence-corrected chi connectivity index (χ2v) is 13.0.